The zero-order chi connectivity index (χ0) is 15.1. The summed E-state index contributed by atoms with van der Waals surface area (Å²) in [4.78, 5) is 31.5. The highest BCUT2D eigenvalue weighted by molar-refractivity contribution is 5.94. The van der Waals surface area contributed by atoms with Gasteiger partial charge in [-0.2, -0.15) is 0 Å². The van der Waals surface area contributed by atoms with E-state index in [0.717, 1.165) is 5.56 Å². The van der Waals surface area contributed by atoms with E-state index < -0.39 is 5.97 Å². The lowest BCUT2D eigenvalue weighted by molar-refractivity contribution is -0.140. The van der Waals surface area contributed by atoms with Gasteiger partial charge in [-0.25, -0.2) is 4.79 Å². The van der Waals surface area contributed by atoms with Crippen LogP contribution < -0.4 is 0 Å². The highest BCUT2D eigenvalue weighted by Gasteiger charge is 2.18. The van der Waals surface area contributed by atoms with Crippen LogP contribution in [-0.2, 0) is 20.9 Å². The third-order valence-electron chi connectivity index (χ3n) is 2.58. The van der Waals surface area contributed by atoms with Crippen LogP contribution in [0.3, 0.4) is 0 Å². The molecule has 0 aliphatic carbocycles. The average molecular weight is 278 g/mol. The molecule has 0 saturated carbocycles. The maximum Gasteiger partial charge on any atom is 0.338 e. The molecule has 1 aliphatic heterocycles. The van der Waals surface area contributed by atoms with Crippen LogP contribution in [0.5, 0.6) is 0 Å². The number of fused-ring (bicyclic) bond motifs is 1. The molecule has 1 aromatic carbocycles. The lowest BCUT2D eigenvalue weighted by atomic mass is 10.1. The molecule has 0 amide bonds. The molecule has 1 aliphatic rings. The third-order valence-corrected chi connectivity index (χ3v) is 2.58. The summed E-state index contributed by atoms with van der Waals surface area (Å²) in [5.41, 5.74) is 1.70. The number of carbonyl (C=O) groups is 3. The van der Waals surface area contributed by atoms with Crippen LogP contribution in [0.2, 0.25) is 0 Å². The van der Waals surface area contributed by atoms with Crippen molar-refractivity contribution in [1.29, 1.82) is 0 Å². The quantitative estimate of drug-likeness (QED) is 0.675. The van der Waals surface area contributed by atoms with E-state index in [1.807, 2.05) is 32.0 Å². The van der Waals surface area contributed by atoms with E-state index in [-0.39, 0.29) is 24.1 Å². The number of Topliss-reactive ketones (excluding diaryl/α,β-unsaturated/α-hetero) is 1. The first-order valence-corrected chi connectivity index (χ1v) is 6.38. The fourth-order valence-corrected chi connectivity index (χ4v) is 1.76. The van der Waals surface area contributed by atoms with Gasteiger partial charge in [0, 0.05) is 12.0 Å². The van der Waals surface area contributed by atoms with Crippen molar-refractivity contribution in [2.75, 3.05) is 0 Å². The van der Waals surface area contributed by atoms with Gasteiger partial charge in [-0.1, -0.05) is 32.0 Å². The van der Waals surface area contributed by atoms with Gasteiger partial charge in [-0.05, 0) is 12.0 Å². The maximum atomic E-state index is 10.8. The standard InChI is InChI=1S/C8H6O2.C7H12O3/c9-8-7-4-2-1-3-6(7)5-10-8;1-5(2)3-6(8)4-7(9)10/h1-4H,5H2;5H,3-4H2,1-2H3,(H,9,10). The SMILES string of the molecule is CC(C)CC(=O)CC(=O)O.O=C1OCc2ccccc21. The summed E-state index contributed by atoms with van der Waals surface area (Å²) in [6, 6.07) is 7.43. The van der Waals surface area contributed by atoms with E-state index >= 15 is 0 Å². The Balaban J connectivity index is 0.000000200. The molecule has 0 spiro atoms. The fourth-order valence-electron chi connectivity index (χ4n) is 1.76. The Hall–Kier alpha value is -2.17. The summed E-state index contributed by atoms with van der Waals surface area (Å²) in [7, 11) is 0. The molecule has 0 atom stereocenters. The van der Waals surface area contributed by atoms with E-state index in [4.69, 9.17) is 9.84 Å². The number of ketones is 1. The summed E-state index contributed by atoms with van der Waals surface area (Å²) in [5.74, 6) is -1.17. The van der Waals surface area contributed by atoms with Crippen molar-refractivity contribution >= 4 is 17.7 Å². The second kappa shape index (κ2) is 7.43. The van der Waals surface area contributed by atoms with Gasteiger partial charge in [0.05, 0.1) is 5.56 Å². The van der Waals surface area contributed by atoms with Crippen LogP contribution in [-0.4, -0.2) is 22.8 Å². The number of rotatable bonds is 4. The summed E-state index contributed by atoms with van der Waals surface area (Å²) >= 11 is 0. The molecule has 0 saturated heterocycles. The van der Waals surface area contributed by atoms with Crippen LogP contribution in [0, 0.1) is 5.92 Å². The number of aliphatic carboxylic acids is 1. The lowest BCUT2D eigenvalue weighted by Crippen LogP contribution is -2.08. The van der Waals surface area contributed by atoms with Crippen LogP contribution in [0.1, 0.15) is 42.6 Å². The summed E-state index contributed by atoms with van der Waals surface area (Å²) in [5, 5.41) is 8.18. The number of hydrogen-bond acceptors (Lipinski definition) is 4. The number of esters is 1. The maximum absolute atomic E-state index is 10.8. The van der Waals surface area contributed by atoms with Gasteiger partial charge in [0.15, 0.2) is 0 Å². The van der Waals surface area contributed by atoms with Crippen molar-refractivity contribution in [1.82, 2.24) is 0 Å². The van der Waals surface area contributed by atoms with E-state index in [1.165, 1.54) is 0 Å². The molecular formula is C15H18O5. The summed E-state index contributed by atoms with van der Waals surface area (Å²) in [6.07, 6.45) is 0.0322. The molecule has 20 heavy (non-hydrogen) atoms. The summed E-state index contributed by atoms with van der Waals surface area (Å²) < 4.78 is 4.78. The van der Waals surface area contributed by atoms with Crippen molar-refractivity contribution in [3.8, 4) is 0 Å². The van der Waals surface area contributed by atoms with Crippen molar-refractivity contribution in [3.63, 3.8) is 0 Å². The van der Waals surface area contributed by atoms with E-state index in [0.29, 0.717) is 18.6 Å². The van der Waals surface area contributed by atoms with E-state index in [1.54, 1.807) is 6.07 Å². The zero-order valence-electron chi connectivity index (χ0n) is 11.6. The van der Waals surface area contributed by atoms with E-state index in [9.17, 15) is 14.4 Å². The third kappa shape index (κ3) is 5.22. The van der Waals surface area contributed by atoms with Gasteiger partial charge in [0.2, 0.25) is 0 Å². The molecule has 0 unspecified atom stereocenters. The van der Waals surface area contributed by atoms with Gasteiger partial charge in [0.25, 0.3) is 0 Å². The Morgan fingerprint density at radius 2 is 1.95 bits per heavy atom. The summed E-state index contributed by atoms with van der Waals surface area (Å²) in [6.45, 7) is 4.22. The van der Waals surface area contributed by atoms with Gasteiger partial charge in [-0.15, -0.1) is 0 Å². The molecule has 0 aromatic heterocycles. The molecule has 2 rings (SSSR count). The Bertz CT molecular complexity index is 505. The van der Waals surface area contributed by atoms with Crippen LogP contribution in [0.4, 0.5) is 0 Å². The predicted molar refractivity (Wildman–Crippen MR) is 72.3 cm³/mol. The first kappa shape index (κ1) is 15.9. The number of carboxylic acid groups (broad SMARTS) is 1. The second-order valence-electron chi connectivity index (χ2n) is 4.94. The van der Waals surface area contributed by atoms with Crippen molar-refractivity contribution in [3.05, 3.63) is 35.4 Å². The fraction of sp³-hybridized carbons (Fsp3) is 0.400. The molecule has 108 valence electrons. The Kier molecular flexibility index (Phi) is 5.90. The highest BCUT2D eigenvalue weighted by atomic mass is 16.5. The Morgan fingerprint density at radius 1 is 1.30 bits per heavy atom. The Morgan fingerprint density at radius 3 is 2.50 bits per heavy atom. The molecule has 5 nitrogen and oxygen atoms in total. The van der Waals surface area contributed by atoms with Gasteiger partial charge in [0.1, 0.15) is 18.8 Å². The molecule has 1 N–H and O–H groups in total. The van der Waals surface area contributed by atoms with Gasteiger partial charge < -0.3 is 9.84 Å². The topological polar surface area (TPSA) is 80.7 Å². The van der Waals surface area contributed by atoms with Gasteiger partial charge in [-0.3, -0.25) is 9.59 Å². The monoisotopic (exact) mass is 278 g/mol. The zero-order valence-corrected chi connectivity index (χ0v) is 11.6. The van der Waals surface area contributed by atoms with Crippen molar-refractivity contribution in [2.45, 2.75) is 33.3 Å². The molecule has 1 heterocycles. The van der Waals surface area contributed by atoms with Crippen LogP contribution in [0.25, 0.3) is 0 Å². The molecule has 0 fully saturated rings. The Labute approximate surface area is 117 Å². The van der Waals surface area contributed by atoms with Crippen LogP contribution in [0.15, 0.2) is 24.3 Å². The molecule has 1 aromatic rings. The predicted octanol–water partition coefficient (Wildman–Crippen LogP) is 2.43. The number of carboxylic acids is 1. The molecular weight excluding hydrogens is 260 g/mol. The van der Waals surface area contributed by atoms with E-state index in [2.05, 4.69) is 0 Å². The number of carbonyl (C=O) groups excluding carboxylic acids is 2. The normalized spacial score (nSPS) is 12.2. The largest absolute Gasteiger partial charge is 0.481 e. The number of hydrogen-bond donors (Lipinski definition) is 1. The molecule has 0 bridgehead atoms. The second-order valence-corrected chi connectivity index (χ2v) is 4.94. The molecule has 5 heteroatoms. The van der Waals surface area contributed by atoms with Crippen LogP contribution >= 0.6 is 0 Å². The number of cyclic esters (lactones) is 1. The minimum atomic E-state index is -1.04. The smallest absolute Gasteiger partial charge is 0.338 e. The van der Waals surface area contributed by atoms with Crippen molar-refractivity contribution < 1.29 is 24.2 Å². The van der Waals surface area contributed by atoms with Gasteiger partial charge >= 0.3 is 11.9 Å². The number of ether oxygens (including phenoxy) is 1. The first-order valence-electron chi connectivity index (χ1n) is 6.38. The highest BCUT2D eigenvalue weighted by Crippen LogP contribution is 2.18. The average Bonchev–Trinajstić information content (AvgIpc) is 2.70. The number of benzene rings is 1. The van der Waals surface area contributed by atoms with Crippen molar-refractivity contribution in [2.24, 2.45) is 5.92 Å². The minimum Gasteiger partial charge on any atom is -0.481 e. The molecule has 0 radical (unpaired) electrons. The first-order chi connectivity index (χ1) is 9.40. The minimum absolute atomic E-state index is 0.192. The lowest BCUT2D eigenvalue weighted by Gasteiger charge is -1.99.